The Morgan fingerprint density at radius 3 is 1.18 bits per heavy atom. The van der Waals surface area contributed by atoms with E-state index in [-0.39, 0.29) is 11.6 Å². The van der Waals surface area contributed by atoms with E-state index in [9.17, 15) is 9.59 Å². The molecule has 0 saturated heterocycles. The largest absolute Gasteiger partial charge is 0.495 e. The van der Waals surface area contributed by atoms with Gasteiger partial charge in [0.25, 0.3) is 0 Å². The van der Waals surface area contributed by atoms with Gasteiger partial charge in [-0.15, -0.1) is 0 Å². The van der Waals surface area contributed by atoms with Gasteiger partial charge in [0.2, 0.25) is 0 Å². The van der Waals surface area contributed by atoms with Gasteiger partial charge in [0, 0.05) is 45.4 Å². The van der Waals surface area contributed by atoms with Crippen LogP contribution in [-0.4, -0.2) is 101 Å². The van der Waals surface area contributed by atoms with Crippen LogP contribution in [0.15, 0.2) is 317 Å². The van der Waals surface area contributed by atoms with Crippen LogP contribution < -0.4 is 35.5 Å². The number of carbonyl (C=O) groups is 2. The predicted molar refractivity (Wildman–Crippen MR) is 465 cm³/mol. The molecule has 118 heavy (non-hydrogen) atoms. The van der Waals surface area contributed by atoms with Crippen LogP contribution in [-0.2, 0) is 0 Å². The average molecular weight is 1550 g/mol. The minimum absolute atomic E-state index is 0.00285. The molecule has 8 heterocycles. The number of carbonyl (C=O) groups excluding carboxylic acids is 2. The minimum Gasteiger partial charge on any atom is -0.495 e. The summed E-state index contributed by atoms with van der Waals surface area (Å²) in [6, 6.07) is 93.2. The van der Waals surface area contributed by atoms with Gasteiger partial charge in [-0.3, -0.25) is 24.9 Å². The van der Waals surface area contributed by atoms with Crippen LogP contribution in [0.1, 0.15) is 40.1 Å². The van der Waals surface area contributed by atoms with Crippen molar-refractivity contribution in [2.24, 2.45) is 0 Å². The molecule has 19 rings (SSSR count). The number of methoxy groups -OCH3 is 2. The lowest BCUT2D eigenvalue weighted by Gasteiger charge is -2.13. The number of hydrogen-bond donors (Lipinski definition) is 8. The number of hydrogen-bond acceptors (Lipinski definition) is 20. The SMILES string of the molecule is CC(=O)c1cccc(-c2[nH]nc3ncnc(Nc4cc(-c5ccccc5)ccc4C)c23)c1.CC(=O)c1cccc(-c2[nH]nc3ncnc(Nc4ccc(Oc5ccccc5)cc4)c23)c1.COc1ccc(-c2ccccc2)cc1Nc1ncnc2[nH]ccc12.COc1ccc(-c2ccccc2)cc1Nc1ncnc2n[nH]c(-c3ccccc3)c12. The standard InChI is InChI=1S/C26H21N5O.C25H19N5O2.C24H19N5O.C19H16N4O/c1-16-11-12-20(18-7-4-3-5-8-18)14-22(16)29-25-23-24(30-31-26(23)28-15-27-25)21-10-6-9-19(13-21)17(2)32;1-16(31)17-6-5-7-18(14-17)23-22-24(26-15-27-25(22)30-29-23)28-19-10-12-21(13-11-19)32-20-8-3-2-4-9-20;1-30-20-13-12-18(16-8-4-2-5-9-16)14-19(20)27-23-21-22(17-10-6-3-7-11-17)28-29-24(21)26-15-25-23;1-24-17-8-7-14(13-5-3-2-4-6-13)11-16(17)23-19-15-9-10-20-18(15)21-12-22-19/h3-15H,1-2H3,(H2,27,28,29,30,31);2-15H,1H3,(H2,26,27,28,29,30);2-15H,1H3,(H2,25,26,27,28,29);2-12H,1H3,(H2,20,21,22,23). The van der Waals surface area contributed by atoms with Crippen LogP contribution in [0.5, 0.6) is 23.0 Å². The summed E-state index contributed by atoms with van der Waals surface area (Å²) < 4.78 is 16.9. The fourth-order valence-corrected chi connectivity index (χ4v) is 13.4. The normalized spacial score (nSPS) is 10.8. The number of benzene rings is 11. The Bertz CT molecular complexity index is 6730. The van der Waals surface area contributed by atoms with E-state index in [0.29, 0.717) is 45.5 Å². The zero-order chi connectivity index (χ0) is 80.7. The Morgan fingerprint density at radius 2 is 0.712 bits per heavy atom. The maximum absolute atomic E-state index is 11.9. The van der Waals surface area contributed by atoms with Gasteiger partial charge in [-0.2, -0.15) is 15.3 Å². The van der Waals surface area contributed by atoms with Crippen molar-refractivity contribution in [2.75, 3.05) is 35.5 Å². The fourth-order valence-electron chi connectivity index (χ4n) is 13.4. The van der Waals surface area contributed by atoms with Gasteiger partial charge in [0.1, 0.15) is 77.2 Å². The molecule has 0 aliphatic heterocycles. The highest BCUT2D eigenvalue weighted by Gasteiger charge is 2.21. The molecule has 8 aromatic heterocycles. The molecule has 0 aliphatic carbocycles. The lowest BCUT2D eigenvalue weighted by atomic mass is 10.0. The van der Waals surface area contributed by atoms with Gasteiger partial charge in [-0.05, 0) is 145 Å². The minimum atomic E-state index is 0.00285. The molecule has 24 nitrogen and oxygen atoms in total. The van der Waals surface area contributed by atoms with E-state index in [4.69, 9.17) is 14.2 Å². The molecular weight excluding hydrogens is 1480 g/mol. The highest BCUT2D eigenvalue weighted by molar-refractivity contribution is 6.04. The van der Waals surface area contributed by atoms with Crippen LogP contribution in [0.3, 0.4) is 0 Å². The second-order valence-corrected chi connectivity index (χ2v) is 27.1. The van der Waals surface area contributed by atoms with E-state index in [1.54, 1.807) is 40.2 Å². The second kappa shape index (κ2) is 35.1. The first-order valence-corrected chi connectivity index (χ1v) is 37.6. The lowest BCUT2D eigenvalue weighted by Crippen LogP contribution is -1.99. The second-order valence-electron chi connectivity index (χ2n) is 27.1. The number of aromatic amines is 4. The molecule has 0 bridgehead atoms. The highest BCUT2D eigenvalue weighted by Crippen LogP contribution is 2.40. The molecule has 0 aliphatic rings. The number of H-pyrrole nitrogens is 4. The Kier molecular flexibility index (Phi) is 22.5. The van der Waals surface area contributed by atoms with Crippen molar-refractivity contribution in [3.63, 3.8) is 0 Å². The molecule has 0 saturated carbocycles. The van der Waals surface area contributed by atoms with Crippen LogP contribution in [0, 0.1) is 6.92 Å². The molecular formula is C94H75N19O5. The smallest absolute Gasteiger partial charge is 0.186 e. The molecule has 11 aromatic carbocycles. The maximum Gasteiger partial charge on any atom is 0.186 e. The molecule has 19 aromatic rings. The molecule has 0 atom stereocenters. The Morgan fingerprint density at radius 1 is 0.331 bits per heavy atom. The van der Waals surface area contributed by atoms with E-state index in [2.05, 4.69) is 170 Å². The number of nitrogens with one attached hydrogen (secondary N) is 8. The van der Waals surface area contributed by atoms with Crippen molar-refractivity contribution in [1.82, 2.24) is 75.4 Å². The van der Waals surface area contributed by atoms with E-state index in [1.807, 2.05) is 212 Å². The summed E-state index contributed by atoms with van der Waals surface area (Å²) in [5.41, 5.74) is 20.2. The van der Waals surface area contributed by atoms with Crippen LogP contribution >= 0.6 is 0 Å². The summed E-state index contributed by atoms with van der Waals surface area (Å²) in [4.78, 5) is 61.7. The number of Topliss-reactive ketones (excluding diaryl/α,β-unsaturated/α-hetero) is 2. The summed E-state index contributed by atoms with van der Waals surface area (Å²) in [5.74, 6) is 5.69. The van der Waals surface area contributed by atoms with Gasteiger partial charge < -0.3 is 40.5 Å². The van der Waals surface area contributed by atoms with Crippen molar-refractivity contribution in [1.29, 1.82) is 0 Å². The van der Waals surface area contributed by atoms with E-state index < -0.39 is 0 Å². The number of nitrogens with zero attached hydrogens (tertiary/aromatic N) is 11. The molecule has 0 fully saturated rings. The third kappa shape index (κ3) is 17.2. The number of anilines is 8. The number of aryl methyl sites for hydroxylation is 1. The van der Waals surface area contributed by atoms with E-state index in [1.165, 1.54) is 25.3 Å². The quantitative estimate of drug-likeness (QED) is 0.0329. The summed E-state index contributed by atoms with van der Waals surface area (Å²) in [5, 5.41) is 39.1. The molecule has 24 heteroatoms. The Balaban J connectivity index is 0.000000118. The van der Waals surface area contributed by atoms with Crippen LogP contribution in [0.25, 0.3) is 111 Å². The lowest BCUT2D eigenvalue weighted by molar-refractivity contribution is 0.100. The van der Waals surface area contributed by atoms with Crippen LogP contribution in [0.4, 0.5) is 46.0 Å². The number of aromatic nitrogens is 15. The van der Waals surface area contributed by atoms with Crippen molar-refractivity contribution >= 4 is 102 Å². The first-order chi connectivity index (χ1) is 57.9. The summed E-state index contributed by atoms with van der Waals surface area (Å²) in [6.45, 7) is 5.16. The molecule has 0 spiro atoms. The molecule has 576 valence electrons. The third-order valence-electron chi connectivity index (χ3n) is 19.4. The topological polar surface area (TPSA) is 315 Å². The number of fused-ring (bicyclic) bond motifs is 4. The van der Waals surface area contributed by atoms with E-state index in [0.717, 1.165) is 151 Å². The fraction of sp³-hybridized carbons (Fsp3) is 0.0532. The van der Waals surface area contributed by atoms with Gasteiger partial charge in [-0.25, -0.2) is 39.9 Å². The van der Waals surface area contributed by atoms with E-state index >= 15 is 0 Å². The number of rotatable bonds is 20. The Hall–Kier alpha value is -16.4. The number of para-hydroxylation sites is 1. The van der Waals surface area contributed by atoms with Crippen LogP contribution in [0.2, 0.25) is 0 Å². The first-order valence-electron chi connectivity index (χ1n) is 37.6. The highest BCUT2D eigenvalue weighted by atomic mass is 16.5. The summed E-state index contributed by atoms with van der Waals surface area (Å²) in [6.07, 6.45) is 7.86. The van der Waals surface area contributed by atoms with Gasteiger partial charge in [-0.1, -0.05) is 200 Å². The Labute approximate surface area is 677 Å². The zero-order valence-corrected chi connectivity index (χ0v) is 64.5. The predicted octanol–water partition coefficient (Wildman–Crippen LogP) is 21.5. The van der Waals surface area contributed by atoms with Crippen molar-refractivity contribution in [2.45, 2.75) is 20.8 Å². The molecule has 0 radical (unpaired) electrons. The van der Waals surface area contributed by atoms with Gasteiger partial charge in [0.05, 0.1) is 64.2 Å². The molecule has 0 unspecified atom stereocenters. The first kappa shape index (κ1) is 75.7. The molecule has 8 N–H and O–H groups in total. The van der Waals surface area contributed by atoms with Gasteiger partial charge >= 0.3 is 0 Å². The summed E-state index contributed by atoms with van der Waals surface area (Å²) in [7, 11) is 3.32. The monoisotopic (exact) mass is 1550 g/mol. The van der Waals surface area contributed by atoms with Crippen molar-refractivity contribution in [3.05, 3.63) is 333 Å². The summed E-state index contributed by atoms with van der Waals surface area (Å²) >= 11 is 0. The van der Waals surface area contributed by atoms with Crippen molar-refractivity contribution in [3.8, 4) is 90.2 Å². The van der Waals surface area contributed by atoms with Gasteiger partial charge in [0.15, 0.2) is 28.5 Å². The average Bonchev–Trinajstić information content (AvgIpc) is 1.61. The molecule has 0 amide bonds. The number of ether oxygens (including phenoxy) is 3. The zero-order valence-electron chi connectivity index (χ0n) is 64.5. The third-order valence-corrected chi connectivity index (χ3v) is 19.4. The van der Waals surface area contributed by atoms with Crippen molar-refractivity contribution < 1.29 is 23.8 Å². The maximum atomic E-state index is 11.9. The number of ketones is 2.